The molecule has 0 fully saturated rings. The largest absolute Gasteiger partial charge is 0.481 e. The zero-order valence-electron chi connectivity index (χ0n) is 17.2. The Morgan fingerprint density at radius 2 is 1.16 bits per heavy atom. The van der Waals surface area contributed by atoms with Gasteiger partial charge in [0.2, 0.25) is 0 Å². The number of hydrogen-bond donors (Lipinski definition) is 6. The summed E-state index contributed by atoms with van der Waals surface area (Å²) in [6.07, 6.45) is -4.47. The normalized spacial score (nSPS) is 15.5. The highest BCUT2D eigenvalue weighted by molar-refractivity contribution is 5.89. The molecule has 182 valence electrons. The van der Waals surface area contributed by atoms with E-state index in [0.29, 0.717) is 6.42 Å². The fourth-order valence-corrected chi connectivity index (χ4v) is 2.50. The summed E-state index contributed by atoms with van der Waals surface area (Å²) in [6, 6.07) is 0. The van der Waals surface area contributed by atoms with Crippen molar-refractivity contribution < 1.29 is 68.9 Å². The van der Waals surface area contributed by atoms with Gasteiger partial charge in [-0.25, -0.2) is 9.59 Å². The van der Waals surface area contributed by atoms with E-state index in [2.05, 4.69) is 0 Å². The van der Waals surface area contributed by atoms with Crippen LogP contribution in [-0.4, -0.2) is 90.4 Å². The van der Waals surface area contributed by atoms with Crippen LogP contribution < -0.4 is 0 Å². The lowest BCUT2D eigenvalue weighted by molar-refractivity contribution is -0.173. The van der Waals surface area contributed by atoms with Crippen LogP contribution in [-0.2, 0) is 38.2 Å². The average Bonchev–Trinajstić information content (AvgIpc) is 2.59. The Bertz CT molecular complexity index is 731. The third-order valence-corrected chi connectivity index (χ3v) is 4.16. The summed E-state index contributed by atoms with van der Waals surface area (Å²) in [5.74, 6) is -9.25. The summed E-state index contributed by atoms with van der Waals surface area (Å²) in [5.41, 5.74) is -5.61. The van der Waals surface area contributed by atoms with E-state index in [4.69, 9.17) is 29.9 Å². The molecular weight excluding hydrogens is 440 g/mol. The maximum absolute atomic E-state index is 11.8. The molecule has 0 aliphatic carbocycles. The first-order valence-corrected chi connectivity index (χ1v) is 9.31. The van der Waals surface area contributed by atoms with Gasteiger partial charge in [-0.3, -0.25) is 19.2 Å². The minimum Gasteiger partial charge on any atom is -0.481 e. The Morgan fingerprint density at radius 3 is 1.56 bits per heavy atom. The van der Waals surface area contributed by atoms with Gasteiger partial charge in [-0.2, -0.15) is 0 Å². The van der Waals surface area contributed by atoms with Crippen molar-refractivity contribution in [3.63, 3.8) is 0 Å². The second-order valence-electron chi connectivity index (χ2n) is 7.18. The molecule has 0 bridgehead atoms. The molecule has 0 aromatic heterocycles. The van der Waals surface area contributed by atoms with Crippen LogP contribution in [0, 0.1) is 0 Å². The third kappa shape index (κ3) is 10.7. The molecule has 0 aromatic rings. The van der Waals surface area contributed by atoms with Crippen molar-refractivity contribution in [3.8, 4) is 0 Å². The van der Waals surface area contributed by atoms with E-state index >= 15 is 0 Å². The number of unbranched alkanes of at least 4 members (excludes halogenated alkanes) is 1. The molecule has 0 radical (unpaired) electrons. The zero-order chi connectivity index (χ0) is 25.1. The topological polar surface area (TPSA) is 242 Å². The van der Waals surface area contributed by atoms with Gasteiger partial charge in [0.25, 0.3) is 0 Å². The Hall–Kier alpha value is -3.26. The van der Waals surface area contributed by atoms with E-state index in [9.17, 15) is 39.0 Å². The van der Waals surface area contributed by atoms with E-state index in [0.717, 1.165) is 0 Å². The second-order valence-corrected chi connectivity index (χ2v) is 7.18. The first-order valence-electron chi connectivity index (χ1n) is 9.31. The highest BCUT2D eigenvalue weighted by Crippen LogP contribution is 2.19. The number of aliphatic hydroxyl groups is 2. The van der Waals surface area contributed by atoms with Crippen molar-refractivity contribution in [2.75, 3.05) is 6.61 Å². The van der Waals surface area contributed by atoms with E-state index < -0.39 is 78.8 Å². The fraction of sp³-hybridized carbons (Fsp3) is 0.667. The van der Waals surface area contributed by atoms with Crippen LogP contribution in [0.5, 0.6) is 0 Å². The molecular formula is C18H26O14. The number of ether oxygens (including phenoxy) is 2. The third-order valence-electron chi connectivity index (χ3n) is 4.16. The summed E-state index contributed by atoms with van der Waals surface area (Å²) in [5, 5.41) is 54.6. The van der Waals surface area contributed by atoms with E-state index in [1.165, 1.54) is 6.92 Å². The Labute approximate surface area is 181 Å². The number of carbonyl (C=O) groups excluding carboxylic acids is 2. The van der Waals surface area contributed by atoms with Gasteiger partial charge in [0.05, 0.1) is 38.4 Å². The molecule has 0 spiro atoms. The van der Waals surface area contributed by atoms with Crippen LogP contribution in [0.25, 0.3) is 0 Å². The first kappa shape index (κ1) is 28.7. The van der Waals surface area contributed by atoms with Gasteiger partial charge in [0.15, 0.2) is 11.2 Å². The van der Waals surface area contributed by atoms with E-state index in [1.54, 1.807) is 0 Å². The number of hydrogen-bond acceptors (Lipinski definition) is 10. The quantitative estimate of drug-likeness (QED) is 0.118. The second kappa shape index (κ2) is 12.6. The summed E-state index contributed by atoms with van der Waals surface area (Å²) < 4.78 is 9.66. The Morgan fingerprint density at radius 1 is 0.719 bits per heavy atom. The number of carboxylic acid groups (broad SMARTS) is 4. The molecule has 0 aromatic carbocycles. The highest BCUT2D eigenvalue weighted by Gasteiger charge is 2.42. The summed E-state index contributed by atoms with van der Waals surface area (Å²) in [6.45, 7) is 1.26. The van der Waals surface area contributed by atoms with Gasteiger partial charge in [-0.15, -0.1) is 0 Å². The molecule has 14 nitrogen and oxygen atoms in total. The summed E-state index contributed by atoms with van der Waals surface area (Å²) in [7, 11) is 0. The van der Waals surface area contributed by atoms with Crippen molar-refractivity contribution in [1.82, 2.24) is 0 Å². The molecule has 0 amide bonds. The monoisotopic (exact) mass is 466 g/mol. The minimum absolute atomic E-state index is 0.195. The molecule has 6 N–H and O–H groups in total. The zero-order valence-corrected chi connectivity index (χ0v) is 17.2. The van der Waals surface area contributed by atoms with Crippen molar-refractivity contribution in [2.24, 2.45) is 0 Å². The predicted molar refractivity (Wildman–Crippen MR) is 99.3 cm³/mol. The lowest BCUT2D eigenvalue weighted by Gasteiger charge is -2.21. The lowest BCUT2D eigenvalue weighted by atomic mass is 9.96. The highest BCUT2D eigenvalue weighted by atomic mass is 16.5. The molecule has 0 heterocycles. The van der Waals surface area contributed by atoms with Gasteiger partial charge in [0, 0.05) is 0 Å². The molecule has 14 heteroatoms. The van der Waals surface area contributed by atoms with Gasteiger partial charge in [0.1, 0.15) is 0 Å². The summed E-state index contributed by atoms with van der Waals surface area (Å²) >= 11 is 0. The van der Waals surface area contributed by atoms with Crippen molar-refractivity contribution in [3.05, 3.63) is 0 Å². The lowest BCUT2D eigenvalue weighted by Crippen LogP contribution is -2.43. The van der Waals surface area contributed by atoms with Crippen LogP contribution in [0.3, 0.4) is 0 Å². The number of carbonyl (C=O) groups is 6. The predicted octanol–water partition coefficient (Wildman–Crippen LogP) is -1.01. The molecule has 3 atom stereocenters. The van der Waals surface area contributed by atoms with Crippen LogP contribution in [0.1, 0.15) is 51.9 Å². The number of esters is 2. The van der Waals surface area contributed by atoms with Crippen LogP contribution >= 0.6 is 0 Å². The number of rotatable bonds is 16. The van der Waals surface area contributed by atoms with Crippen LogP contribution in [0.4, 0.5) is 0 Å². The minimum atomic E-state index is -2.81. The van der Waals surface area contributed by atoms with E-state index in [-0.39, 0.29) is 19.4 Å². The molecule has 0 rings (SSSR count). The maximum atomic E-state index is 11.8. The smallest absolute Gasteiger partial charge is 0.336 e. The standard InChI is InChI=1S/C18H26O14/c1-10(32-14(24)9-18(30,16(27)28)7-12(21)22)4-2-3-5-31-13(23)8-17(29,15(25)26)6-11(19)20/h10,29-30H,2-9H2,1H3,(H,19,20)(H,21,22)(H,25,26)(H,27,28). The maximum Gasteiger partial charge on any atom is 0.336 e. The molecule has 3 unspecified atom stereocenters. The van der Waals surface area contributed by atoms with Gasteiger partial charge in [-0.1, -0.05) is 0 Å². The molecule has 32 heavy (non-hydrogen) atoms. The Balaban J connectivity index is 4.36. The van der Waals surface area contributed by atoms with Crippen LogP contribution in [0.15, 0.2) is 0 Å². The number of aliphatic carboxylic acids is 4. The van der Waals surface area contributed by atoms with Gasteiger partial charge in [-0.05, 0) is 26.2 Å². The molecule has 0 aliphatic heterocycles. The summed E-state index contributed by atoms with van der Waals surface area (Å²) in [4.78, 5) is 66.7. The molecule has 0 aliphatic rings. The molecule has 0 saturated heterocycles. The molecule has 0 saturated carbocycles. The SMILES string of the molecule is CC(CCCCOC(=O)CC(O)(CC(=O)O)C(=O)O)OC(=O)CC(O)(CC(=O)O)C(=O)O. The fourth-order valence-electron chi connectivity index (χ4n) is 2.50. The van der Waals surface area contributed by atoms with Gasteiger partial charge < -0.3 is 40.1 Å². The first-order chi connectivity index (χ1) is 14.6. The van der Waals surface area contributed by atoms with Crippen molar-refractivity contribution in [2.45, 2.75) is 69.2 Å². The van der Waals surface area contributed by atoms with E-state index in [1.807, 2.05) is 0 Å². The number of carboxylic acids is 4. The van der Waals surface area contributed by atoms with Crippen molar-refractivity contribution in [1.29, 1.82) is 0 Å². The average molecular weight is 466 g/mol. The van der Waals surface area contributed by atoms with Crippen molar-refractivity contribution >= 4 is 35.8 Å². The van der Waals surface area contributed by atoms with Gasteiger partial charge >= 0.3 is 35.8 Å². The van der Waals surface area contributed by atoms with Crippen LogP contribution in [0.2, 0.25) is 0 Å². The Kier molecular flexibility index (Phi) is 11.3.